The van der Waals surface area contributed by atoms with Gasteiger partial charge in [0.1, 0.15) is 0 Å². The normalized spacial score (nSPS) is 13.2. The van der Waals surface area contributed by atoms with E-state index in [1.807, 2.05) is 54.6 Å². The van der Waals surface area contributed by atoms with Gasteiger partial charge in [-0.3, -0.25) is 9.78 Å². The summed E-state index contributed by atoms with van der Waals surface area (Å²) in [5.41, 5.74) is 1.97. The minimum Gasteiger partial charge on any atom is -0.323 e. The van der Waals surface area contributed by atoms with Gasteiger partial charge in [0, 0.05) is 22.9 Å². The molecular formula is C24H22N2OS. The lowest BCUT2D eigenvalue weighted by atomic mass is 9.74. The Morgan fingerprint density at radius 1 is 1.00 bits per heavy atom. The van der Waals surface area contributed by atoms with Crippen LogP contribution in [0.15, 0.2) is 84.4 Å². The molecule has 140 valence electrons. The summed E-state index contributed by atoms with van der Waals surface area (Å²) in [4.78, 5) is 19.4. The van der Waals surface area contributed by atoms with Gasteiger partial charge in [0.05, 0.1) is 16.6 Å². The number of pyridine rings is 1. The number of nitrogens with zero attached hydrogens (tertiary/aromatic N) is 1. The van der Waals surface area contributed by atoms with E-state index < -0.39 is 5.41 Å². The van der Waals surface area contributed by atoms with Gasteiger partial charge < -0.3 is 5.32 Å². The number of hydrogen-bond donors (Lipinski definition) is 1. The van der Waals surface area contributed by atoms with E-state index in [2.05, 4.69) is 40.8 Å². The van der Waals surface area contributed by atoms with Gasteiger partial charge in [-0.15, -0.1) is 11.3 Å². The predicted octanol–water partition coefficient (Wildman–Crippen LogP) is 5.83. The van der Waals surface area contributed by atoms with Crippen molar-refractivity contribution in [2.75, 3.05) is 5.32 Å². The van der Waals surface area contributed by atoms with E-state index in [1.165, 1.54) is 4.88 Å². The summed E-state index contributed by atoms with van der Waals surface area (Å²) in [6, 6.07) is 24.0. The summed E-state index contributed by atoms with van der Waals surface area (Å²) < 4.78 is 0. The van der Waals surface area contributed by atoms with Crippen molar-refractivity contribution in [1.82, 2.24) is 4.98 Å². The van der Waals surface area contributed by atoms with Crippen LogP contribution in [0, 0.1) is 0 Å². The lowest BCUT2D eigenvalue weighted by Gasteiger charge is -2.32. The highest BCUT2D eigenvalue weighted by Crippen LogP contribution is 2.35. The molecule has 0 aliphatic carbocycles. The van der Waals surface area contributed by atoms with Crippen LogP contribution in [-0.2, 0) is 16.6 Å². The smallest absolute Gasteiger partial charge is 0.235 e. The Bertz CT molecular complexity index is 1070. The average Bonchev–Trinajstić information content (AvgIpc) is 3.26. The molecule has 3 nitrogen and oxygen atoms in total. The third-order valence-corrected chi connectivity index (χ3v) is 6.18. The number of fused-ring (bicyclic) bond motifs is 1. The first-order valence-electron chi connectivity index (χ1n) is 9.46. The Labute approximate surface area is 169 Å². The first-order valence-corrected chi connectivity index (χ1v) is 10.3. The van der Waals surface area contributed by atoms with Gasteiger partial charge >= 0.3 is 0 Å². The molecule has 4 heteroatoms. The highest BCUT2D eigenvalue weighted by molar-refractivity contribution is 7.09. The number of hydrogen-bond acceptors (Lipinski definition) is 3. The average molecular weight is 387 g/mol. The molecule has 4 rings (SSSR count). The van der Waals surface area contributed by atoms with E-state index >= 15 is 0 Å². The fraction of sp³-hybridized carbons (Fsp3) is 0.167. The van der Waals surface area contributed by atoms with E-state index in [9.17, 15) is 4.79 Å². The maximum Gasteiger partial charge on any atom is 0.235 e. The quantitative estimate of drug-likeness (QED) is 0.453. The Morgan fingerprint density at radius 2 is 1.82 bits per heavy atom. The van der Waals surface area contributed by atoms with Crippen LogP contribution < -0.4 is 5.32 Å². The molecule has 28 heavy (non-hydrogen) atoms. The zero-order valence-corrected chi connectivity index (χ0v) is 16.6. The molecule has 0 spiro atoms. The molecule has 1 amide bonds. The summed E-state index contributed by atoms with van der Waals surface area (Å²) in [5.74, 6) is 0.00718. The highest BCUT2D eigenvalue weighted by Gasteiger charge is 2.39. The van der Waals surface area contributed by atoms with E-state index in [1.54, 1.807) is 17.5 Å². The Morgan fingerprint density at radius 3 is 2.57 bits per heavy atom. The van der Waals surface area contributed by atoms with Crippen LogP contribution in [0.3, 0.4) is 0 Å². The molecule has 0 aliphatic rings. The molecule has 2 aromatic carbocycles. The van der Waals surface area contributed by atoms with Gasteiger partial charge in [-0.05, 0) is 35.6 Å². The lowest BCUT2D eigenvalue weighted by Crippen LogP contribution is -2.41. The van der Waals surface area contributed by atoms with Gasteiger partial charge in [0.15, 0.2) is 0 Å². The van der Waals surface area contributed by atoms with Crippen LogP contribution in [0.2, 0.25) is 0 Å². The van der Waals surface area contributed by atoms with Crippen LogP contribution in [0.25, 0.3) is 10.9 Å². The van der Waals surface area contributed by atoms with Gasteiger partial charge in [0.2, 0.25) is 5.91 Å². The number of amides is 1. The van der Waals surface area contributed by atoms with E-state index in [-0.39, 0.29) is 5.91 Å². The Hall–Kier alpha value is -2.98. The number of benzene rings is 2. The van der Waals surface area contributed by atoms with Gasteiger partial charge in [-0.2, -0.15) is 0 Å². The minimum absolute atomic E-state index is 0.00718. The summed E-state index contributed by atoms with van der Waals surface area (Å²) in [7, 11) is 0. The van der Waals surface area contributed by atoms with E-state index in [4.69, 9.17) is 0 Å². The first-order chi connectivity index (χ1) is 13.7. The zero-order valence-electron chi connectivity index (χ0n) is 15.8. The number of nitrogens with one attached hydrogen (secondary N) is 1. The number of carbonyl (C=O) groups excluding carboxylic acids is 1. The van der Waals surface area contributed by atoms with Crippen LogP contribution in [0.5, 0.6) is 0 Å². The zero-order chi connectivity index (χ0) is 19.4. The molecule has 0 aliphatic heterocycles. The molecule has 2 heterocycles. The number of rotatable bonds is 6. The molecule has 0 fully saturated rings. The standard InChI is InChI=1S/C24H22N2OS/c1-2-24(17-20-13-8-16-28-20,19-11-4-3-5-12-19)23(27)26-21-14-6-9-18-10-7-15-25-22(18)21/h3-16H,2,17H2,1H3,(H,26,27). The van der Waals surface area contributed by atoms with Crippen molar-refractivity contribution in [3.63, 3.8) is 0 Å². The van der Waals surface area contributed by atoms with Gasteiger partial charge in [-0.1, -0.05) is 61.5 Å². The van der Waals surface area contributed by atoms with Crippen molar-refractivity contribution in [3.05, 3.63) is 94.8 Å². The number of carbonyl (C=O) groups is 1. The second kappa shape index (κ2) is 7.95. The third kappa shape index (κ3) is 3.43. The van der Waals surface area contributed by atoms with Gasteiger partial charge in [0.25, 0.3) is 0 Å². The predicted molar refractivity (Wildman–Crippen MR) is 117 cm³/mol. The van der Waals surface area contributed by atoms with Crippen molar-refractivity contribution in [3.8, 4) is 0 Å². The number of anilines is 1. The molecule has 2 aromatic heterocycles. The van der Waals surface area contributed by atoms with Crippen molar-refractivity contribution in [2.45, 2.75) is 25.2 Å². The van der Waals surface area contributed by atoms with Crippen LogP contribution in [0.4, 0.5) is 5.69 Å². The fourth-order valence-electron chi connectivity index (χ4n) is 3.72. The fourth-order valence-corrected chi connectivity index (χ4v) is 4.54. The molecule has 0 saturated heterocycles. The van der Waals surface area contributed by atoms with Crippen molar-refractivity contribution >= 4 is 33.8 Å². The molecule has 1 unspecified atom stereocenters. The maximum absolute atomic E-state index is 13.7. The van der Waals surface area contributed by atoms with Crippen LogP contribution in [-0.4, -0.2) is 10.9 Å². The van der Waals surface area contributed by atoms with E-state index in [0.717, 1.165) is 22.2 Å². The summed E-state index contributed by atoms with van der Waals surface area (Å²) in [5, 5.41) is 6.27. The Kier molecular flexibility index (Phi) is 5.22. The number of aromatic nitrogens is 1. The summed E-state index contributed by atoms with van der Waals surface area (Å²) >= 11 is 1.69. The second-order valence-electron chi connectivity index (χ2n) is 6.89. The van der Waals surface area contributed by atoms with Crippen molar-refractivity contribution < 1.29 is 4.79 Å². The Balaban J connectivity index is 1.76. The topological polar surface area (TPSA) is 42.0 Å². The molecule has 4 aromatic rings. The van der Waals surface area contributed by atoms with Crippen LogP contribution >= 0.6 is 11.3 Å². The molecule has 1 atom stereocenters. The molecule has 1 N–H and O–H groups in total. The largest absolute Gasteiger partial charge is 0.323 e. The number of para-hydroxylation sites is 1. The molecular weight excluding hydrogens is 364 g/mol. The SMILES string of the molecule is CCC(Cc1cccs1)(C(=O)Nc1cccc2cccnc12)c1ccccc1. The van der Waals surface area contributed by atoms with Gasteiger partial charge in [-0.25, -0.2) is 0 Å². The van der Waals surface area contributed by atoms with Crippen molar-refractivity contribution in [1.29, 1.82) is 0 Å². The monoisotopic (exact) mass is 386 g/mol. The summed E-state index contributed by atoms with van der Waals surface area (Å²) in [6.07, 6.45) is 3.14. The lowest BCUT2D eigenvalue weighted by molar-refractivity contribution is -0.121. The van der Waals surface area contributed by atoms with E-state index in [0.29, 0.717) is 12.8 Å². The first kappa shape index (κ1) is 18.4. The summed E-state index contributed by atoms with van der Waals surface area (Å²) in [6.45, 7) is 2.08. The van der Waals surface area contributed by atoms with Crippen LogP contribution in [0.1, 0.15) is 23.8 Å². The maximum atomic E-state index is 13.7. The third-order valence-electron chi connectivity index (χ3n) is 5.30. The number of thiophene rings is 1. The minimum atomic E-state index is -0.636. The second-order valence-corrected chi connectivity index (χ2v) is 7.92. The molecule has 0 radical (unpaired) electrons. The molecule has 0 saturated carbocycles. The highest BCUT2D eigenvalue weighted by atomic mass is 32.1. The van der Waals surface area contributed by atoms with Crippen molar-refractivity contribution in [2.24, 2.45) is 0 Å². The molecule has 0 bridgehead atoms.